The highest BCUT2D eigenvalue weighted by molar-refractivity contribution is 6.09. The van der Waals surface area contributed by atoms with Crippen molar-refractivity contribution in [3.05, 3.63) is 237 Å². The predicted octanol–water partition coefficient (Wildman–Crippen LogP) is 15.0. The molecule has 1 heterocycles. The van der Waals surface area contributed by atoms with Crippen LogP contribution in [0.4, 0.5) is 17.1 Å². The summed E-state index contributed by atoms with van der Waals surface area (Å²) >= 11 is 0. The fraction of sp³-hybridized carbons (Fsp3) is 0. The van der Waals surface area contributed by atoms with Gasteiger partial charge in [-0.05, 0) is 111 Å². The first-order valence-electron chi connectivity index (χ1n) is 19.0. The Morgan fingerprint density at radius 3 is 1.54 bits per heavy atom. The lowest BCUT2D eigenvalue weighted by Crippen LogP contribution is -2.10. The van der Waals surface area contributed by atoms with Gasteiger partial charge in [-0.2, -0.15) is 0 Å². The van der Waals surface area contributed by atoms with Gasteiger partial charge in [0.25, 0.3) is 0 Å². The topological polar surface area (TPSA) is 8.17 Å². The first-order valence-corrected chi connectivity index (χ1v) is 19.0. The molecule has 9 rings (SSSR count). The molecule has 0 N–H and O–H groups in total. The third-order valence-electron chi connectivity index (χ3n) is 10.5. The van der Waals surface area contributed by atoms with Gasteiger partial charge in [-0.25, -0.2) is 0 Å². The van der Waals surface area contributed by atoms with Gasteiger partial charge in [-0.1, -0.05) is 165 Å². The number of allylic oxidation sites excluding steroid dienone is 4. The van der Waals surface area contributed by atoms with E-state index in [1.807, 2.05) is 18.2 Å². The van der Waals surface area contributed by atoms with Crippen LogP contribution in [0.25, 0.3) is 66.4 Å². The summed E-state index contributed by atoms with van der Waals surface area (Å²) in [6, 6.07) is 71.8. The Morgan fingerprint density at radius 1 is 0.411 bits per heavy atom. The van der Waals surface area contributed by atoms with Gasteiger partial charge in [0, 0.05) is 33.5 Å². The van der Waals surface area contributed by atoms with E-state index < -0.39 is 0 Å². The largest absolute Gasteiger partial charge is 0.310 e. The van der Waals surface area contributed by atoms with Crippen LogP contribution in [0.15, 0.2) is 232 Å². The summed E-state index contributed by atoms with van der Waals surface area (Å²) in [4.78, 5) is 2.35. The second-order valence-corrected chi connectivity index (χ2v) is 13.9. The Kier molecular flexibility index (Phi) is 9.29. The van der Waals surface area contributed by atoms with Crippen LogP contribution in [-0.2, 0) is 0 Å². The summed E-state index contributed by atoms with van der Waals surface area (Å²) in [6.07, 6.45) is 5.74. The number of anilines is 3. The molecule has 0 saturated heterocycles. The van der Waals surface area contributed by atoms with Crippen LogP contribution in [0.2, 0.25) is 0 Å². The number of para-hydroxylation sites is 2. The average Bonchev–Trinajstić information content (AvgIpc) is 3.61. The summed E-state index contributed by atoms with van der Waals surface area (Å²) in [5.41, 5.74) is 15.7. The molecule has 9 aromatic rings. The molecule has 0 aliphatic heterocycles. The molecule has 0 radical (unpaired) electrons. The number of aromatic nitrogens is 1. The molecular weight excluding hydrogens is 677 g/mol. The van der Waals surface area contributed by atoms with Crippen LogP contribution < -0.4 is 4.90 Å². The smallest absolute Gasteiger partial charge is 0.0541 e. The summed E-state index contributed by atoms with van der Waals surface area (Å²) in [5, 5.41) is 2.53. The van der Waals surface area contributed by atoms with Gasteiger partial charge >= 0.3 is 0 Å². The van der Waals surface area contributed by atoms with E-state index >= 15 is 0 Å². The van der Waals surface area contributed by atoms with E-state index in [0.29, 0.717) is 0 Å². The van der Waals surface area contributed by atoms with E-state index in [0.717, 1.165) is 61.7 Å². The zero-order valence-electron chi connectivity index (χ0n) is 31.1. The van der Waals surface area contributed by atoms with E-state index in [1.54, 1.807) is 0 Å². The molecule has 266 valence electrons. The molecule has 1 aromatic heterocycles. The maximum absolute atomic E-state index is 4.15. The number of hydrogen-bond donors (Lipinski definition) is 0. The number of benzene rings is 8. The molecule has 0 bridgehead atoms. The fourth-order valence-electron chi connectivity index (χ4n) is 7.82. The zero-order chi connectivity index (χ0) is 37.8. The molecule has 2 heteroatoms. The Morgan fingerprint density at radius 2 is 0.929 bits per heavy atom. The third kappa shape index (κ3) is 6.55. The van der Waals surface area contributed by atoms with Gasteiger partial charge in [-0.3, -0.25) is 0 Å². The van der Waals surface area contributed by atoms with Crippen LogP contribution in [-0.4, -0.2) is 4.57 Å². The van der Waals surface area contributed by atoms with Crippen LogP contribution in [0, 0.1) is 0 Å². The number of hydrogen-bond acceptors (Lipinski definition) is 1. The first kappa shape index (κ1) is 34.4. The van der Waals surface area contributed by atoms with Crippen molar-refractivity contribution in [1.82, 2.24) is 4.57 Å². The van der Waals surface area contributed by atoms with E-state index in [4.69, 9.17) is 0 Å². The molecule has 0 fully saturated rings. The van der Waals surface area contributed by atoms with Crippen molar-refractivity contribution in [1.29, 1.82) is 0 Å². The molecule has 8 aromatic carbocycles. The van der Waals surface area contributed by atoms with Gasteiger partial charge in [0.05, 0.1) is 11.0 Å². The molecule has 0 aliphatic rings. The zero-order valence-corrected chi connectivity index (χ0v) is 31.1. The lowest BCUT2D eigenvalue weighted by Gasteiger charge is -2.27. The van der Waals surface area contributed by atoms with Crippen molar-refractivity contribution in [3.63, 3.8) is 0 Å². The van der Waals surface area contributed by atoms with Crippen molar-refractivity contribution >= 4 is 44.4 Å². The minimum atomic E-state index is 1.01. The Balaban J connectivity index is 1.14. The number of rotatable bonds is 10. The summed E-state index contributed by atoms with van der Waals surface area (Å²) in [5.74, 6) is 0. The number of fused-ring (bicyclic) bond motifs is 3. The van der Waals surface area contributed by atoms with Gasteiger partial charge < -0.3 is 9.47 Å². The lowest BCUT2D eigenvalue weighted by molar-refractivity contribution is 1.18. The molecule has 0 aliphatic carbocycles. The van der Waals surface area contributed by atoms with Gasteiger partial charge in [0.1, 0.15) is 0 Å². The monoisotopic (exact) mass is 716 g/mol. The highest BCUT2D eigenvalue weighted by Gasteiger charge is 2.18. The highest BCUT2D eigenvalue weighted by Crippen LogP contribution is 2.41. The molecular formula is C54H40N2. The van der Waals surface area contributed by atoms with E-state index in [1.165, 1.54) is 27.4 Å². The van der Waals surface area contributed by atoms with Crippen molar-refractivity contribution in [2.24, 2.45) is 0 Å². The second-order valence-electron chi connectivity index (χ2n) is 13.9. The summed E-state index contributed by atoms with van der Waals surface area (Å²) in [6.45, 7) is 8.13. The molecule has 0 amide bonds. The normalized spacial score (nSPS) is 11.5. The molecule has 0 atom stereocenters. The lowest BCUT2D eigenvalue weighted by atomic mass is 9.96. The minimum absolute atomic E-state index is 1.01. The van der Waals surface area contributed by atoms with Crippen molar-refractivity contribution in [2.45, 2.75) is 0 Å². The minimum Gasteiger partial charge on any atom is -0.310 e. The molecule has 0 spiro atoms. The van der Waals surface area contributed by atoms with E-state index in [-0.39, 0.29) is 0 Å². The third-order valence-corrected chi connectivity index (χ3v) is 10.5. The quantitative estimate of drug-likeness (QED) is 0.128. The van der Waals surface area contributed by atoms with E-state index in [2.05, 4.69) is 223 Å². The van der Waals surface area contributed by atoms with Crippen molar-refractivity contribution in [3.8, 4) is 39.1 Å². The molecule has 0 unspecified atom stereocenters. The van der Waals surface area contributed by atoms with Gasteiger partial charge in [-0.15, -0.1) is 0 Å². The Hall–Kier alpha value is -7.42. The summed E-state index contributed by atoms with van der Waals surface area (Å²) < 4.78 is 2.36. The highest BCUT2D eigenvalue weighted by atomic mass is 15.1. The SMILES string of the molecule is C=C/C=C(\C=C)c1cc(-c2ccccc2)cc(N(c2ccc(-c3ccc(-n4c5ccccc5c5ccccc54)cc3)cc2)c2cccc(-c3ccccc3)c2)c1. The predicted molar refractivity (Wildman–Crippen MR) is 240 cm³/mol. The fourth-order valence-corrected chi connectivity index (χ4v) is 7.82. The van der Waals surface area contributed by atoms with Crippen LogP contribution in [0.1, 0.15) is 5.56 Å². The van der Waals surface area contributed by atoms with Gasteiger partial charge in [0.15, 0.2) is 0 Å². The Bertz CT molecular complexity index is 2810. The van der Waals surface area contributed by atoms with Crippen LogP contribution in [0.3, 0.4) is 0 Å². The first-order chi connectivity index (χ1) is 27.7. The van der Waals surface area contributed by atoms with Crippen LogP contribution >= 0.6 is 0 Å². The maximum Gasteiger partial charge on any atom is 0.0541 e. The maximum atomic E-state index is 4.15. The Labute approximate surface area is 328 Å². The average molecular weight is 717 g/mol. The van der Waals surface area contributed by atoms with Crippen molar-refractivity contribution < 1.29 is 0 Å². The van der Waals surface area contributed by atoms with Crippen molar-refractivity contribution in [2.75, 3.05) is 4.90 Å². The standard InChI is InChI=1S/C54H40N2/c1-3-16-39(4-2)45-35-46(41-19-9-6-10-20-41)38-50(37-45)55(49-22-15-21-44(36-49)40-17-7-5-8-18-40)47-31-27-42(28-32-47)43-29-33-48(34-30-43)56-53-25-13-11-23-51(53)52-24-12-14-26-54(52)56/h3-38H,1-2H2/b39-16+. The van der Waals surface area contributed by atoms with Crippen LogP contribution in [0.5, 0.6) is 0 Å². The summed E-state index contributed by atoms with van der Waals surface area (Å²) in [7, 11) is 0. The molecule has 2 nitrogen and oxygen atoms in total. The number of nitrogens with zero attached hydrogens (tertiary/aromatic N) is 2. The second kappa shape index (κ2) is 15.1. The van der Waals surface area contributed by atoms with Gasteiger partial charge in [0.2, 0.25) is 0 Å². The molecule has 56 heavy (non-hydrogen) atoms. The van der Waals surface area contributed by atoms with E-state index in [9.17, 15) is 0 Å². The molecule has 0 saturated carbocycles.